The molecule has 2 rings (SSSR count). The lowest BCUT2D eigenvalue weighted by Crippen LogP contribution is -2.35. The third kappa shape index (κ3) is 3.66. The number of rotatable bonds is 4. The molecule has 0 spiro atoms. The summed E-state index contributed by atoms with van der Waals surface area (Å²) in [5, 5.41) is 11.4. The molecular weight excluding hydrogens is 304 g/mol. The van der Waals surface area contributed by atoms with Gasteiger partial charge in [-0.3, -0.25) is 0 Å². The zero-order chi connectivity index (χ0) is 15.6. The Bertz CT molecular complexity index is 593. The van der Waals surface area contributed by atoms with Gasteiger partial charge in [0.15, 0.2) is 0 Å². The molecule has 114 valence electrons. The molecule has 1 fully saturated rings. The number of allylic oxidation sites excluding steroid dienone is 1. The van der Waals surface area contributed by atoms with Gasteiger partial charge in [0, 0.05) is 24.3 Å². The van der Waals surface area contributed by atoms with Crippen molar-refractivity contribution in [1.82, 2.24) is 9.97 Å². The Labute approximate surface area is 125 Å². The lowest BCUT2D eigenvalue weighted by atomic mass is 10.1. The van der Waals surface area contributed by atoms with Crippen molar-refractivity contribution < 1.29 is 18.7 Å². The van der Waals surface area contributed by atoms with Crippen LogP contribution in [0.5, 0.6) is 0 Å². The monoisotopic (exact) mass is 317 g/mol. The molecule has 1 aromatic heterocycles. The highest BCUT2D eigenvalue weighted by molar-refractivity contribution is 6.28. The van der Waals surface area contributed by atoms with Crippen LogP contribution >= 0.6 is 11.6 Å². The number of hydrogen-bond donors (Lipinski definition) is 2. The van der Waals surface area contributed by atoms with E-state index >= 15 is 0 Å². The first kappa shape index (κ1) is 15.6. The first-order chi connectivity index (χ1) is 9.79. The Hall–Kier alpha value is -1.76. The summed E-state index contributed by atoms with van der Waals surface area (Å²) in [6.45, 7) is 1.54. The number of aromatic nitrogens is 2. The molecule has 1 saturated carbocycles. The van der Waals surface area contributed by atoms with E-state index in [-0.39, 0.29) is 17.5 Å². The molecule has 0 amide bonds. The number of nitrogens with one attached hydrogen (secondary N) is 1. The summed E-state index contributed by atoms with van der Waals surface area (Å²) in [5.41, 5.74) is 0.687. The first-order valence-electron chi connectivity index (χ1n) is 6.38. The predicted octanol–water partition coefficient (Wildman–Crippen LogP) is 3.22. The van der Waals surface area contributed by atoms with Crippen LogP contribution < -0.4 is 5.32 Å². The highest BCUT2D eigenvalue weighted by atomic mass is 35.5. The largest absolute Gasteiger partial charge is 0.478 e. The standard InChI is InChI=1S/C13H14ClF2N3O2/c1-7(5-10(20)21)8-6-17-12(14)19-11(8)18-9-3-2-4-13(9,15)16/h5-6,9H,2-4H2,1H3,(H,20,21)(H,17,18,19)/b7-5+. The van der Waals surface area contributed by atoms with Crippen LogP contribution in [0, 0.1) is 0 Å². The molecule has 2 N–H and O–H groups in total. The third-order valence-electron chi connectivity index (χ3n) is 3.35. The molecular formula is C13H14ClF2N3O2. The number of carbonyl (C=O) groups is 1. The minimum Gasteiger partial charge on any atom is -0.478 e. The van der Waals surface area contributed by atoms with E-state index in [0.717, 1.165) is 6.08 Å². The normalized spacial score (nSPS) is 21.3. The van der Waals surface area contributed by atoms with Gasteiger partial charge in [-0.2, -0.15) is 0 Å². The van der Waals surface area contributed by atoms with Crippen molar-refractivity contribution in [3.05, 3.63) is 23.1 Å². The second kappa shape index (κ2) is 5.93. The summed E-state index contributed by atoms with van der Waals surface area (Å²) >= 11 is 5.70. The zero-order valence-electron chi connectivity index (χ0n) is 11.2. The van der Waals surface area contributed by atoms with Crippen molar-refractivity contribution in [2.24, 2.45) is 0 Å². The summed E-state index contributed by atoms with van der Waals surface area (Å²) in [7, 11) is 0. The molecule has 0 saturated heterocycles. The molecule has 0 bridgehead atoms. The summed E-state index contributed by atoms with van der Waals surface area (Å²) in [6.07, 6.45) is 2.84. The lowest BCUT2D eigenvalue weighted by Gasteiger charge is -2.22. The fraction of sp³-hybridized carbons (Fsp3) is 0.462. The van der Waals surface area contributed by atoms with E-state index in [1.54, 1.807) is 6.92 Å². The van der Waals surface area contributed by atoms with Crippen LogP contribution in [-0.4, -0.2) is 33.0 Å². The maximum absolute atomic E-state index is 13.7. The van der Waals surface area contributed by atoms with Gasteiger partial charge >= 0.3 is 5.97 Å². The van der Waals surface area contributed by atoms with Crippen LogP contribution in [0.15, 0.2) is 12.3 Å². The van der Waals surface area contributed by atoms with Gasteiger partial charge in [0.05, 0.1) is 6.04 Å². The first-order valence-corrected chi connectivity index (χ1v) is 6.76. The van der Waals surface area contributed by atoms with Gasteiger partial charge in [-0.1, -0.05) is 0 Å². The minimum atomic E-state index is -2.82. The SMILES string of the molecule is C/C(=C\C(=O)O)c1cnc(Cl)nc1NC1CCCC1(F)F. The van der Waals surface area contributed by atoms with Gasteiger partial charge in [0.2, 0.25) is 5.28 Å². The number of anilines is 1. The number of alkyl halides is 2. The van der Waals surface area contributed by atoms with Crippen molar-refractivity contribution in [3.8, 4) is 0 Å². The molecule has 0 radical (unpaired) electrons. The molecule has 5 nitrogen and oxygen atoms in total. The number of hydrogen-bond acceptors (Lipinski definition) is 4. The smallest absolute Gasteiger partial charge is 0.328 e. The van der Waals surface area contributed by atoms with Crippen LogP contribution in [0.2, 0.25) is 5.28 Å². The molecule has 1 aromatic rings. The maximum atomic E-state index is 13.7. The average Bonchev–Trinajstić information content (AvgIpc) is 2.68. The highest BCUT2D eigenvalue weighted by Crippen LogP contribution is 2.37. The summed E-state index contributed by atoms with van der Waals surface area (Å²) in [5.74, 6) is -3.84. The van der Waals surface area contributed by atoms with E-state index in [4.69, 9.17) is 16.7 Å². The fourth-order valence-corrected chi connectivity index (χ4v) is 2.43. The molecule has 1 unspecified atom stereocenters. The summed E-state index contributed by atoms with van der Waals surface area (Å²) < 4.78 is 27.4. The van der Waals surface area contributed by atoms with Crippen molar-refractivity contribution in [2.75, 3.05) is 5.32 Å². The van der Waals surface area contributed by atoms with Crippen LogP contribution in [0.4, 0.5) is 14.6 Å². The molecule has 21 heavy (non-hydrogen) atoms. The molecule has 1 atom stereocenters. The minimum absolute atomic E-state index is 0.0920. The molecule has 0 aliphatic heterocycles. The van der Waals surface area contributed by atoms with Crippen molar-refractivity contribution in [2.45, 2.75) is 38.2 Å². The highest BCUT2D eigenvalue weighted by Gasteiger charge is 2.44. The number of halogens is 3. The van der Waals surface area contributed by atoms with Gasteiger partial charge < -0.3 is 10.4 Å². The molecule has 1 heterocycles. The number of nitrogens with zero attached hydrogens (tertiary/aromatic N) is 2. The number of carboxylic acid groups (broad SMARTS) is 1. The van der Waals surface area contributed by atoms with Gasteiger partial charge in [-0.05, 0) is 36.9 Å². The van der Waals surface area contributed by atoms with Gasteiger partial charge in [-0.25, -0.2) is 23.5 Å². The van der Waals surface area contributed by atoms with Crippen molar-refractivity contribution in [3.63, 3.8) is 0 Å². The second-order valence-corrected chi connectivity index (χ2v) is 5.26. The quantitative estimate of drug-likeness (QED) is 0.659. The molecule has 1 aliphatic rings. The van der Waals surface area contributed by atoms with Gasteiger partial charge in [0.25, 0.3) is 5.92 Å². The lowest BCUT2D eigenvalue weighted by molar-refractivity contribution is -0.131. The molecule has 8 heteroatoms. The zero-order valence-corrected chi connectivity index (χ0v) is 12.0. The Kier molecular flexibility index (Phi) is 4.41. The fourth-order valence-electron chi connectivity index (χ4n) is 2.29. The topological polar surface area (TPSA) is 75.1 Å². The number of carboxylic acids is 1. The Morgan fingerprint density at radius 2 is 2.33 bits per heavy atom. The Balaban J connectivity index is 2.34. The van der Waals surface area contributed by atoms with E-state index in [0.29, 0.717) is 24.0 Å². The third-order valence-corrected chi connectivity index (χ3v) is 3.53. The average molecular weight is 318 g/mol. The second-order valence-electron chi connectivity index (χ2n) is 4.92. The Morgan fingerprint density at radius 3 is 2.90 bits per heavy atom. The van der Waals surface area contributed by atoms with E-state index in [1.807, 2.05) is 0 Å². The van der Waals surface area contributed by atoms with Crippen LogP contribution in [0.25, 0.3) is 5.57 Å². The summed E-state index contributed by atoms with van der Waals surface area (Å²) in [6, 6.07) is -1.04. The summed E-state index contributed by atoms with van der Waals surface area (Å²) in [4.78, 5) is 18.4. The van der Waals surface area contributed by atoms with Crippen LogP contribution in [0.3, 0.4) is 0 Å². The van der Waals surface area contributed by atoms with E-state index in [9.17, 15) is 13.6 Å². The van der Waals surface area contributed by atoms with Gasteiger partial charge in [0.1, 0.15) is 5.82 Å². The molecule has 0 aromatic carbocycles. The van der Waals surface area contributed by atoms with Gasteiger partial charge in [-0.15, -0.1) is 0 Å². The number of aliphatic carboxylic acids is 1. The Morgan fingerprint density at radius 1 is 1.62 bits per heavy atom. The molecule has 1 aliphatic carbocycles. The van der Waals surface area contributed by atoms with E-state index in [1.165, 1.54) is 6.20 Å². The van der Waals surface area contributed by atoms with Crippen LogP contribution in [0.1, 0.15) is 31.7 Å². The maximum Gasteiger partial charge on any atom is 0.328 e. The van der Waals surface area contributed by atoms with Crippen LogP contribution in [-0.2, 0) is 4.79 Å². The van der Waals surface area contributed by atoms with Crippen molar-refractivity contribution in [1.29, 1.82) is 0 Å². The van der Waals surface area contributed by atoms with Crippen molar-refractivity contribution >= 4 is 29.0 Å². The van der Waals surface area contributed by atoms with E-state index < -0.39 is 17.9 Å². The van der Waals surface area contributed by atoms with E-state index in [2.05, 4.69) is 15.3 Å². The predicted molar refractivity (Wildman–Crippen MR) is 74.5 cm³/mol.